The van der Waals surface area contributed by atoms with Crippen LogP contribution < -0.4 is 10.6 Å². The number of hydrogen-bond donors (Lipinski definition) is 1. The van der Waals surface area contributed by atoms with Crippen molar-refractivity contribution in [2.75, 3.05) is 17.2 Å². The summed E-state index contributed by atoms with van der Waals surface area (Å²) in [5.41, 5.74) is 8.43. The minimum Gasteiger partial charge on any atom is -0.467 e. The van der Waals surface area contributed by atoms with E-state index in [0.29, 0.717) is 6.54 Å². The van der Waals surface area contributed by atoms with Crippen LogP contribution in [0, 0.1) is 0 Å². The molecular formula is C16H22N2OS. The fourth-order valence-electron chi connectivity index (χ4n) is 2.30. The zero-order chi connectivity index (χ0) is 14.4. The van der Waals surface area contributed by atoms with Crippen LogP contribution in [-0.4, -0.2) is 12.3 Å². The van der Waals surface area contributed by atoms with E-state index in [1.807, 2.05) is 23.9 Å². The van der Waals surface area contributed by atoms with Gasteiger partial charge in [-0.25, -0.2) is 0 Å². The Bertz CT molecular complexity index is 525. The standard InChI is InChI=1S/C16H22N2OS/c1-3-18(12-13-7-6-10-19-13)15-8-5-9-16(20-4-2)14(15)11-17/h5-10H,3-4,11-12,17H2,1-2H3. The van der Waals surface area contributed by atoms with Crippen molar-refractivity contribution in [1.29, 1.82) is 0 Å². The molecule has 0 unspecified atom stereocenters. The van der Waals surface area contributed by atoms with E-state index in [-0.39, 0.29) is 0 Å². The molecule has 0 spiro atoms. The lowest BCUT2D eigenvalue weighted by Gasteiger charge is -2.25. The predicted octanol–water partition coefficient (Wildman–Crippen LogP) is 3.88. The van der Waals surface area contributed by atoms with Crippen LogP contribution in [0.1, 0.15) is 25.2 Å². The Kier molecular flexibility index (Phi) is 5.56. The van der Waals surface area contributed by atoms with Crippen LogP contribution >= 0.6 is 11.8 Å². The van der Waals surface area contributed by atoms with E-state index in [0.717, 1.165) is 24.6 Å². The van der Waals surface area contributed by atoms with Crippen molar-refractivity contribution in [2.45, 2.75) is 31.8 Å². The summed E-state index contributed by atoms with van der Waals surface area (Å²) in [4.78, 5) is 3.59. The highest BCUT2D eigenvalue weighted by Gasteiger charge is 2.13. The van der Waals surface area contributed by atoms with Gasteiger partial charge in [-0.15, -0.1) is 11.8 Å². The SMILES string of the molecule is CCSc1cccc(N(CC)Cc2ccco2)c1CN. The molecule has 0 saturated heterocycles. The first-order valence-corrected chi connectivity index (χ1v) is 8.00. The van der Waals surface area contributed by atoms with E-state index in [9.17, 15) is 0 Å². The Morgan fingerprint density at radius 1 is 1.20 bits per heavy atom. The monoisotopic (exact) mass is 290 g/mol. The van der Waals surface area contributed by atoms with Crippen molar-refractivity contribution in [3.05, 3.63) is 47.9 Å². The first kappa shape index (κ1) is 15.0. The van der Waals surface area contributed by atoms with E-state index >= 15 is 0 Å². The molecular weight excluding hydrogens is 268 g/mol. The number of benzene rings is 1. The zero-order valence-electron chi connectivity index (χ0n) is 12.1. The van der Waals surface area contributed by atoms with Crippen molar-refractivity contribution < 1.29 is 4.42 Å². The van der Waals surface area contributed by atoms with Gasteiger partial charge in [0.15, 0.2) is 0 Å². The molecule has 0 radical (unpaired) electrons. The molecule has 0 aliphatic carbocycles. The summed E-state index contributed by atoms with van der Waals surface area (Å²) in [6.07, 6.45) is 1.72. The molecule has 0 fully saturated rings. The van der Waals surface area contributed by atoms with Gasteiger partial charge in [-0.3, -0.25) is 0 Å². The van der Waals surface area contributed by atoms with Crippen LogP contribution in [0.5, 0.6) is 0 Å². The molecule has 0 aliphatic heterocycles. The lowest BCUT2D eigenvalue weighted by molar-refractivity contribution is 0.503. The number of hydrogen-bond acceptors (Lipinski definition) is 4. The highest BCUT2D eigenvalue weighted by atomic mass is 32.2. The van der Waals surface area contributed by atoms with Gasteiger partial charge in [0.05, 0.1) is 12.8 Å². The molecule has 20 heavy (non-hydrogen) atoms. The third-order valence-electron chi connectivity index (χ3n) is 3.26. The molecule has 4 heteroatoms. The molecule has 1 aromatic carbocycles. The maximum atomic E-state index is 5.98. The van der Waals surface area contributed by atoms with Crippen LogP contribution in [0.25, 0.3) is 0 Å². The maximum absolute atomic E-state index is 5.98. The third kappa shape index (κ3) is 3.38. The number of rotatable bonds is 7. The van der Waals surface area contributed by atoms with Gasteiger partial charge in [0.1, 0.15) is 5.76 Å². The molecule has 0 aliphatic rings. The second-order valence-corrected chi connectivity index (χ2v) is 5.79. The summed E-state index contributed by atoms with van der Waals surface area (Å²) < 4.78 is 5.46. The number of furan rings is 1. The molecule has 2 aromatic rings. The van der Waals surface area contributed by atoms with Crippen molar-refractivity contribution in [3.8, 4) is 0 Å². The normalized spacial score (nSPS) is 10.8. The number of nitrogens with two attached hydrogens (primary N) is 1. The van der Waals surface area contributed by atoms with Crippen LogP contribution in [0.4, 0.5) is 5.69 Å². The Hall–Kier alpha value is -1.39. The summed E-state index contributed by atoms with van der Waals surface area (Å²) in [5.74, 6) is 2.03. The Morgan fingerprint density at radius 3 is 2.65 bits per heavy atom. The van der Waals surface area contributed by atoms with Crippen molar-refractivity contribution in [1.82, 2.24) is 0 Å². The summed E-state index contributed by atoms with van der Waals surface area (Å²) in [7, 11) is 0. The second kappa shape index (κ2) is 7.41. The smallest absolute Gasteiger partial charge is 0.123 e. The van der Waals surface area contributed by atoms with Gasteiger partial charge in [0.2, 0.25) is 0 Å². The first-order chi connectivity index (χ1) is 9.80. The number of thioether (sulfide) groups is 1. The van der Waals surface area contributed by atoms with E-state index in [2.05, 4.69) is 36.9 Å². The second-order valence-electron chi connectivity index (χ2n) is 4.48. The van der Waals surface area contributed by atoms with Crippen molar-refractivity contribution >= 4 is 17.4 Å². The third-order valence-corrected chi connectivity index (χ3v) is 4.24. The average Bonchev–Trinajstić information content (AvgIpc) is 2.98. The summed E-state index contributed by atoms with van der Waals surface area (Å²) >= 11 is 1.85. The van der Waals surface area contributed by atoms with Crippen LogP contribution in [-0.2, 0) is 13.1 Å². The van der Waals surface area contributed by atoms with Crippen molar-refractivity contribution in [2.24, 2.45) is 5.73 Å². The first-order valence-electron chi connectivity index (χ1n) is 7.02. The summed E-state index contributed by atoms with van der Waals surface area (Å²) in [5, 5.41) is 0. The van der Waals surface area contributed by atoms with Crippen LogP contribution in [0.15, 0.2) is 45.9 Å². The average molecular weight is 290 g/mol. The highest BCUT2D eigenvalue weighted by molar-refractivity contribution is 7.99. The summed E-state index contributed by atoms with van der Waals surface area (Å²) in [6.45, 7) is 6.58. The predicted molar refractivity (Wildman–Crippen MR) is 86.2 cm³/mol. The fourth-order valence-corrected chi connectivity index (χ4v) is 3.15. The van der Waals surface area contributed by atoms with Gasteiger partial charge in [-0.1, -0.05) is 13.0 Å². The van der Waals surface area contributed by atoms with Gasteiger partial charge in [-0.2, -0.15) is 0 Å². The quantitative estimate of drug-likeness (QED) is 0.786. The Morgan fingerprint density at radius 2 is 2.05 bits per heavy atom. The molecule has 1 heterocycles. The Labute approximate surface area is 125 Å². The van der Waals surface area contributed by atoms with E-state index in [1.165, 1.54) is 16.1 Å². The number of nitrogens with zero attached hydrogens (tertiary/aromatic N) is 1. The largest absolute Gasteiger partial charge is 0.467 e. The molecule has 2 rings (SSSR count). The van der Waals surface area contributed by atoms with Gasteiger partial charge in [0, 0.05) is 29.2 Å². The molecule has 0 bridgehead atoms. The lowest BCUT2D eigenvalue weighted by atomic mass is 10.1. The summed E-state index contributed by atoms with van der Waals surface area (Å²) in [6, 6.07) is 10.3. The molecule has 108 valence electrons. The van der Waals surface area contributed by atoms with Crippen LogP contribution in [0.3, 0.4) is 0 Å². The van der Waals surface area contributed by atoms with E-state index in [1.54, 1.807) is 6.26 Å². The van der Waals surface area contributed by atoms with Gasteiger partial charge < -0.3 is 15.1 Å². The van der Waals surface area contributed by atoms with Crippen molar-refractivity contribution in [3.63, 3.8) is 0 Å². The molecule has 0 atom stereocenters. The zero-order valence-corrected chi connectivity index (χ0v) is 13.0. The topological polar surface area (TPSA) is 42.4 Å². The highest BCUT2D eigenvalue weighted by Crippen LogP contribution is 2.31. The molecule has 0 amide bonds. The minimum atomic E-state index is 0.563. The van der Waals surface area contributed by atoms with Gasteiger partial charge >= 0.3 is 0 Å². The minimum absolute atomic E-state index is 0.563. The maximum Gasteiger partial charge on any atom is 0.123 e. The van der Waals surface area contributed by atoms with Gasteiger partial charge in [-0.05, 0) is 36.9 Å². The Balaban J connectivity index is 2.30. The van der Waals surface area contributed by atoms with Gasteiger partial charge in [0.25, 0.3) is 0 Å². The van der Waals surface area contributed by atoms with E-state index < -0.39 is 0 Å². The molecule has 3 nitrogen and oxygen atoms in total. The number of anilines is 1. The van der Waals surface area contributed by atoms with E-state index in [4.69, 9.17) is 10.2 Å². The molecule has 1 aromatic heterocycles. The van der Waals surface area contributed by atoms with Crippen LogP contribution in [0.2, 0.25) is 0 Å². The molecule has 2 N–H and O–H groups in total. The fraction of sp³-hybridized carbons (Fsp3) is 0.375. The lowest BCUT2D eigenvalue weighted by Crippen LogP contribution is -2.24. The molecule has 0 saturated carbocycles.